The lowest BCUT2D eigenvalue weighted by atomic mass is 10.1. The van der Waals surface area contributed by atoms with Crippen molar-refractivity contribution in [3.05, 3.63) is 54.4 Å². The molecule has 1 aromatic heterocycles. The monoisotopic (exact) mass is 381 g/mol. The molecule has 0 bridgehead atoms. The number of rotatable bonds is 5. The summed E-state index contributed by atoms with van der Waals surface area (Å²) < 4.78 is 10.6. The van der Waals surface area contributed by atoms with Crippen LogP contribution in [0.2, 0.25) is 0 Å². The van der Waals surface area contributed by atoms with E-state index in [4.69, 9.17) is 9.26 Å². The van der Waals surface area contributed by atoms with Crippen LogP contribution in [0.15, 0.2) is 57.9 Å². The lowest BCUT2D eigenvalue weighted by Gasteiger charge is -2.16. The summed E-state index contributed by atoms with van der Waals surface area (Å²) >= 11 is 1.68. The first-order valence-corrected chi connectivity index (χ1v) is 9.83. The summed E-state index contributed by atoms with van der Waals surface area (Å²) in [5, 5.41) is 4.07. The van der Waals surface area contributed by atoms with E-state index in [1.54, 1.807) is 23.8 Å². The summed E-state index contributed by atoms with van der Waals surface area (Å²) in [6, 6.07) is 15.5. The van der Waals surface area contributed by atoms with Gasteiger partial charge in [0.25, 0.3) is 0 Å². The predicted molar refractivity (Wildman–Crippen MR) is 104 cm³/mol. The SMILES string of the molecule is COc1ccc(-c2noc(C3CC(=O)N(c4ccc(SC)cc4)C3)n2)cc1. The first-order valence-electron chi connectivity index (χ1n) is 8.60. The van der Waals surface area contributed by atoms with Crippen molar-refractivity contribution >= 4 is 23.4 Å². The summed E-state index contributed by atoms with van der Waals surface area (Å²) in [4.78, 5) is 19.9. The smallest absolute Gasteiger partial charge is 0.232 e. The number of hydrogen-bond donors (Lipinski definition) is 0. The second-order valence-corrected chi connectivity index (χ2v) is 7.17. The zero-order valence-corrected chi connectivity index (χ0v) is 15.9. The first kappa shape index (κ1) is 17.6. The average molecular weight is 381 g/mol. The Morgan fingerprint density at radius 2 is 1.89 bits per heavy atom. The Morgan fingerprint density at radius 3 is 2.56 bits per heavy atom. The molecule has 6 nitrogen and oxygen atoms in total. The molecule has 1 unspecified atom stereocenters. The highest BCUT2D eigenvalue weighted by molar-refractivity contribution is 7.98. The third-order valence-corrected chi connectivity index (χ3v) is 5.39. The molecule has 0 N–H and O–H groups in total. The number of aromatic nitrogens is 2. The molecule has 0 aliphatic carbocycles. The number of nitrogens with zero attached hydrogens (tertiary/aromatic N) is 3. The highest BCUT2D eigenvalue weighted by Crippen LogP contribution is 2.32. The van der Waals surface area contributed by atoms with Crippen LogP contribution in [0, 0.1) is 0 Å². The molecule has 0 saturated carbocycles. The molecule has 1 aliphatic heterocycles. The van der Waals surface area contributed by atoms with Crippen LogP contribution in [0.25, 0.3) is 11.4 Å². The van der Waals surface area contributed by atoms with Crippen LogP contribution in [-0.4, -0.2) is 36.0 Å². The predicted octanol–water partition coefficient (Wildman–Crippen LogP) is 3.99. The fraction of sp³-hybridized carbons (Fsp3) is 0.250. The fourth-order valence-corrected chi connectivity index (χ4v) is 3.55. The Morgan fingerprint density at radius 1 is 1.15 bits per heavy atom. The average Bonchev–Trinajstić information content (AvgIpc) is 3.35. The summed E-state index contributed by atoms with van der Waals surface area (Å²) in [7, 11) is 1.62. The topological polar surface area (TPSA) is 68.5 Å². The largest absolute Gasteiger partial charge is 0.497 e. The van der Waals surface area contributed by atoms with E-state index in [1.807, 2.05) is 54.8 Å². The molecule has 1 amide bonds. The minimum absolute atomic E-state index is 0.0705. The summed E-state index contributed by atoms with van der Waals surface area (Å²) in [5.74, 6) is 1.76. The summed E-state index contributed by atoms with van der Waals surface area (Å²) in [5.41, 5.74) is 1.75. The van der Waals surface area contributed by atoms with E-state index in [1.165, 1.54) is 4.90 Å². The lowest BCUT2D eigenvalue weighted by molar-refractivity contribution is -0.117. The second-order valence-electron chi connectivity index (χ2n) is 6.29. The molecule has 7 heteroatoms. The third kappa shape index (κ3) is 3.55. The highest BCUT2D eigenvalue weighted by Gasteiger charge is 2.35. The lowest BCUT2D eigenvalue weighted by Crippen LogP contribution is -2.24. The van der Waals surface area contributed by atoms with Crippen LogP contribution in [0.4, 0.5) is 5.69 Å². The van der Waals surface area contributed by atoms with Crippen LogP contribution in [0.1, 0.15) is 18.2 Å². The third-order valence-electron chi connectivity index (χ3n) is 4.65. The molecule has 2 aromatic carbocycles. The molecule has 1 saturated heterocycles. The van der Waals surface area contributed by atoms with Gasteiger partial charge < -0.3 is 14.2 Å². The number of amides is 1. The van der Waals surface area contributed by atoms with Crippen molar-refractivity contribution in [2.24, 2.45) is 0 Å². The molecule has 2 heterocycles. The summed E-state index contributed by atoms with van der Waals surface area (Å²) in [6.07, 6.45) is 2.40. The van der Waals surface area contributed by atoms with Gasteiger partial charge >= 0.3 is 0 Å². The van der Waals surface area contributed by atoms with Crippen molar-refractivity contribution in [3.63, 3.8) is 0 Å². The minimum atomic E-state index is -0.0998. The van der Waals surface area contributed by atoms with Crippen LogP contribution in [0.5, 0.6) is 5.75 Å². The van der Waals surface area contributed by atoms with Crippen molar-refractivity contribution in [1.29, 1.82) is 0 Å². The molecule has 0 radical (unpaired) electrons. The Bertz CT molecular complexity index is 938. The first-order chi connectivity index (χ1) is 13.2. The summed E-state index contributed by atoms with van der Waals surface area (Å²) in [6.45, 7) is 0.543. The van der Waals surface area contributed by atoms with E-state index in [0.717, 1.165) is 17.0 Å². The maximum absolute atomic E-state index is 12.5. The number of carbonyl (C=O) groups is 1. The number of hydrogen-bond acceptors (Lipinski definition) is 6. The Balaban J connectivity index is 1.51. The highest BCUT2D eigenvalue weighted by atomic mass is 32.2. The maximum Gasteiger partial charge on any atom is 0.232 e. The number of benzene rings is 2. The minimum Gasteiger partial charge on any atom is -0.497 e. The van der Waals surface area contributed by atoms with Gasteiger partial charge in [-0.05, 0) is 54.8 Å². The second kappa shape index (κ2) is 7.44. The van der Waals surface area contributed by atoms with Crippen molar-refractivity contribution in [2.45, 2.75) is 17.2 Å². The number of carbonyl (C=O) groups excluding carboxylic acids is 1. The van der Waals surface area contributed by atoms with Gasteiger partial charge in [0.05, 0.1) is 13.0 Å². The quantitative estimate of drug-likeness (QED) is 0.623. The molecule has 3 aromatic rings. The molecule has 1 atom stereocenters. The van der Waals surface area contributed by atoms with Gasteiger partial charge in [-0.3, -0.25) is 4.79 Å². The van der Waals surface area contributed by atoms with E-state index >= 15 is 0 Å². The normalized spacial score (nSPS) is 16.7. The van der Waals surface area contributed by atoms with Crippen LogP contribution in [-0.2, 0) is 4.79 Å². The Hall–Kier alpha value is -2.80. The zero-order chi connectivity index (χ0) is 18.8. The van der Waals surface area contributed by atoms with E-state index in [-0.39, 0.29) is 11.8 Å². The number of anilines is 1. The molecule has 138 valence electrons. The van der Waals surface area contributed by atoms with Crippen LogP contribution >= 0.6 is 11.8 Å². The molecule has 0 spiro atoms. The van der Waals surface area contributed by atoms with Gasteiger partial charge in [0.1, 0.15) is 5.75 Å². The standard InChI is InChI=1S/C20H19N3O3S/c1-25-16-7-3-13(4-8-16)19-21-20(26-22-19)14-11-18(24)23(12-14)15-5-9-17(27-2)10-6-15/h3-10,14H,11-12H2,1-2H3. The van der Waals surface area contributed by atoms with E-state index in [9.17, 15) is 4.79 Å². The maximum atomic E-state index is 12.5. The van der Waals surface area contributed by atoms with Crippen molar-refractivity contribution in [2.75, 3.05) is 24.8 Å². The zero-order valence-electron chi connectivity index (χ0n) is 15.1. The molecule has 27 heavy (non-hydrogen) atoms. The van der Waals surface area contributed by atoms with Gasteiger partial charge in [0.2, 0.25) is 17.6 Å². The fourth-order valence-electron chi connectivity index (χ4n) is 3.14. The van der Waals surface area contributed by atoms with E-state index in [2.05, 4.69) is 10.1 Å². The van der Waals surface area contributed by atoms with Crippen LogP contribution < -0.4 is 9.64 Å². The molecule has 1 fully saturated rings. The number of thioether (sulfide) groups is 1. The molecule has 4 rings (SSSR count). The molecular formula is C20H19N3O3S. The van der Waals surface area contributed by atoms with Crippen molar-refractivity contribution in [1.82, 2.24) is 10.1 Å². The van der Waals surface area contributed by atoms with Crippen molar-refractivity contribution < 1.29 is 14.1 Å². The number of ether oxygens (including phenoxy) is 1. The molecular weight excluding hydrogens is 362 g/mol. The van der Waals surface area contributed by atoms with Gasteiger partial charge in [-0.25, -0.2) is 0 Å². The molecule has 1 aliphatic rings. The van der Waals surface area contributed by atoms with Gasteiger partial charge in [-0.1, -0.05) is 5.16 Å². The van der Waals surface area contributed by atoms with Gasteiger partial charge in [0.15, 0.2) is 0 Å². The Labute approximate surface area is 161 Å². The van der Waals surface area contributed by atoms with E-state index < -0.39 is 0 Å². The number of methoxy groups -OCH3 is 1. The van der Waals surface area contributed by atoms with Crippen LogP contribution in [0.3, 0.4) is 0 Å². The van der Waals surface area contributed by atoms with Gasteiger partial charge in [-0.15, -0.1) is 11.8 Å². The Kier molecular flexibility index (Phi) is 4.85. The van der Waals surface area contributed by atoms with Crippen molar-refractivity contribution in [3.8, 4) is 17.1 Å². The van der Waals surface area contributed by atoms with Gasteiger partial charge in [-0.2, -0.15) is 4.98 Å². The van der Waals surface area contributed by atoms with Gasteiger partial charge in [0, 0.05) is 29.1 Å². The van der Waals surface area contributed by atoms with E-state index in [0.29, 0.717) is 24.7 Å².